The van der Waals surface area contributed by atoms with E-state index in [1.54, 1.807) is 25.1 Å². The maximum absolute atomic E-state index is 12.7. The zero-order valence-corrected chi connectivity index (χ0v) is 17.6. The van der Waals surface area contributed by atoms with Gasteiger partial charge >= 0.3 is 5.97 Å². The topological polar surface area (TPSA) is 82.6 Å². The molecule has 2 heterocycles. The molecule has 1 aliphatic rings. The van der Waals surface area contributed by atoms with Crippen molar-refractivity contribution in [3.63, 3.8) is 0 Å². The van der Waals surface area contributed by atoms with E-state index in [1.807, 2.05) is 30.3 Å². The van der Waals surface area contributed by atoms with Crippen LogP contribution in [0.4, 0.5) is 0 Å². The SMILES string of the molecule is CCOC(=O)c1c(-c2ccccc2)oc2ccc(OC[C@@H](O)C[NH+]3CCOCC3)cc12. The molecule has 7 nitrogen and oxygen atoms in total. The highest BCUT2D eigenvalue weighted by molar-refractivity contribution is 6.09. The first-order valence-electron chi connectivity index (χ1n) is 10.7. The monoisotopic (exact) mass is 426 g/mol. The number of rotatable bonds is 8. The molecule has 0 bridgehead atoms. The molecule has 164 valence electrons. The largest absolute Gasteiger partial charge is 0.491 e. The molecule has 3 aromatic rings. The number of hydrogen-bond donors (Lipinski definition) is 2. The number of esters is 1. The first kappa shape index (κ1) is 21.4. The number of furan rings is 1. The fourth-order valence-corrected chi connectivity index (χ4v) is 3.81. The van der Waals surface area contributed by atoms with E-state index in [4.69, 9.17) is 18.6 Å². The Bertz CT molecular complexity index is 1010. The highest BCUT2D eigenvalue weighted by atomic mass is 16.5. The van der Waals surface area contributed by atoms with E-state index in [0.717, 1.165) is 31.9 Å². The molecule has 4 rings (SSSR count). The van der Waals surface area contributed by atoms with E-state index in [1.165, 1.54) is 4.90 Å². The zero-order chi connectivity index (χ0) is 21.6. The summed E-state index contributed by atoms with van der Waals surface area (Å²) >= 11 is 0. The van der Waals surface area contributed by atoms with Gasteiger partial charge in [-0.1, -0.05) is 30.3 Å². The number of nitrogens with one attached hydrogen (secondary N) is 1. The van der Waals surface area contributed by atoms with Crippen molar-refractivity contribution in [2.45, 2.75) is 13.0 Å². The van der Waals surface area contributed by atoms with Crippen molar-refractivity contribution in [1.82, 2.24) is 0 Å². The number of aliphatic hydroxyl groups excluding tert-OH is 1. The average Bonchev–Trinajstić information content (AvgIpc) is 3.18. The lowest BCUT2D eigenvalue weighted by molar-refractivity contribution is -0.911. The summed E-state index contributed by atoms with van der Waals surface area (Å²) in [7, 11) is 0. The second kappa shape index (κ2) is 9.96. The normalized spacial score (nSPS) is 15.7. The molecule has 0 amide bonds. The fourth-order valence-electron chi connectivity index (χ4n) is 3.81. The van der Waals surface area contributed by atoms with Crippen molar-refractivity contribution >= 4 is 16.9 Å². The molecule has 1 aromatic heterocycles. The molecule has 0 unspecified atom stereocenters. The minimum Gasteiger partial charge on any atom is -0.491 e. The molecule has 2 N–H and O–H groups in total. The first-order valence-corrected chi connectivity index (χ1v) is 10.7. The number of benzene rings is 2. The molecule has 2 aromatic carbocycles. The van der Waals surface area contributed by atoms with E-state index in [-0.39, 0.29) is 13.2 Å². The Kier molecular flexibility index (Phi) is 6.86. The average molecular weight is 426 g/mol. The van der Waals surface area contributed by atoms with Crippen molar-refractivity contribution in [3.05, 3.63) is 54.1 Å². The summed E-state index contributed by atoms with van der Waals surface area (Å²) in [4.78, 5) is 14.0. The van der Waals surface area contributed by atoms with Crippen LogP contribution >= 0.6 is 0 Å². The maximum atomic E-state index is 12.7. The summed E-state index contributed by atoms with van der Waals surface area (Å²) in [5.41, 5.74) is 1.76. The summed E-state index contributed by atoms with van der Waals surface area (Å²) in [6.07, 6.45) is -0.586. The summed E-state index contributed by atoms with van der Waals surface area (Å²) in [5.74, 6) is 0.602. The highest BCUT2D eigenvalue weighted by Gasteiger charge is 2.24. The Labute approximate surface area is 181 Å². The lowest BCUT2D eigenvalue weighted by atomic mass is 10.1. The van der Waals surface area contributed by atoms with E-state index in [2.05, 4.69) is 0 Å². The van der Waals surface area contributed by atoms with Crippen molar-refractivity contribution in [3.8, 4) is 17.1 Å². The molecule has 1 saturated heterocycles. The van der Waals surface area contributed by atoms with Gasteiger partial charge in [0.25, 0.3) is 0 Å². The summed E-state index contributed by atoms with van der Waals surface area (Å²) in [6, 6.07) is 14.8. The van der Waals surface area contributed by atoms with Crippen LogP contribution in [-0.4, -0.2) is 63.2 Å². The third-order valence-electron chi connectivity index (χ3n) is 5.34. The van der Waals surface area contributed by atoms with Gasteiger partial charge in [-0.15, -0.1) is 0 Å². The number of morpholine rings is 1. The number of quaternary nitrogens is 1. The Morgan fingerprint density at radius 1 is 1.16 bits per heavy atom. The molecular formula is C24H28NO6+. The predicted molar refractivity (Wildman–Crippen MR) is 115 cm³/mol. The van der Waals surface area contributed by atoms with Crippen LogP contribution in [0.1, 0.15) is 17.3 Å². The van der Waals surface area contributed by atoms with Gasteiger partial charge in [0.2, 0.25) is 0 Å². The molecule has 0 radical (unpaired) electrons. The highest BCUT2D eigenvalue weighted by Crippen LogP contribution is 2.36. The number of aliphatic hydroxyl groups is 1. The Morgan fingerprint density at radius 3 is 2.68 bits per heavy atom. The van der Waals surface area contributed by atoms with Crippen LogP contribution in [0, 0.1) is 0 Å². The van der Waals surface area contributed by atoms with Gasteiger partial charge in [-0.3, -0.25) is 0 Å². The maximum Gasteiger partial charge on any atom is 0.342 e. The minimum atomic E-state index is -0.586. The summed E-state index contributed by atoms with van der Waals surface area (Å²) in [6.45, 7) is 6.06. The molecule has 1 fully saturated rings. The van der Waals surface area contributed by atoms with Crippen LogP contribution in [-0.2, 0) is 9.47 Å². The number of carbonyl (C=O) groups excluding carboxylic acids is 1. The standard InChI is InChI=1S/C24H27NO6/c1-2-29-24(27)22-20-14-19(30-16-18(26)15-25-10-12-28-13-11-25)8-9-21(20)31-23(22)17-6-4-3-5-7-17/h3-9,14,18,26H,2,10-13,15-16H2,1H3/p+1/t18-/m0/s1. The Hall–Kier alpha value is -2.87. The molecule has 0 spiro atoms. The van der Waals surface area contributed by atoms with E-state index >= 15 is 0 Å². The molecule has 7 heteroatoms. The first-order chi connectivity index (χ1) is 15.2. The summed E-state index contributed by atoms with van der Waals surface area (Å²) < 4.78 is 22.5. The number of ether oxygens (including phenoxy) is 3. The zero-order valence-electron chi connectivity index (χ0n) is 17.6. The van der Waals surface area contributed by atoms with Gasteiger partial charge in [-0.25, -0.2) is 4.79 Å². The fraction of sp³-hybridized carbons (Fsp3) is 0.375. The van der Waals surface area contributed by atoms with Crippen LogP contribution in [0.2, 0.25) is 0 Å². The minimum absolute atomic E-state index is 0.175. The van der Waals surface area contributed by atoms with Gasteiger partial charge in [-0.2, -0.15) is 0 Å². The third-order valence-corrected chi connectivity index (χ3v) is 5.34. The Morgan fingerprint density at radius 2 is 1.94 bits per heavy atom. The Balaban J connectivity index is 1.55. The van der Waals surface area contributed by atoms with Crippen molar-refractivity contribution in [1.29, 1.82) is 0 Å². The molecule has 31 heavy (non-hydrogen) atoms. The molecule has 1 aliphatic heterocycles. The van der Waals surface area contributed by atoms with E-state index in [9.17, 15) is 9.90 Å². The second-order valence-corrected chi connectivity index (χ2v) is 7.58. The smallest absolute Gasteiger partial charge is 0.342 e. The summed E-state index contributed by atoms with van der Waals surface area (Å²) in [5, 5.41) is 11.0. The second-order valence-electron chi connectivity index (χ2n) is 7.58. The van der Waals surface area contributed by atoms with E-state index < -0.39 is 12.1 Å². The molecular weight excluding hydrogens is 398 g/mol. The van der Waals surface area contributed by atoms with Crippen molar-refractivity contribution < 1.29 is 33.4 Å². The number of hydrogen-bond acceptors (Lipinski definition) is 6. The van der Waals surface area contributed by atoms with Crippen LogP contribution in [0.15, 0.2) is 52.9 Å². The van der Waals surface area contributed by atoms with Crippen LogP contribution in [0.25, 0.3) is 22.3 Å². The van der Waals surface area contributed by atoms with Crippen molar-refractivity contribution in [2.75, 3.05) is 46.1 Å². The lowest BCUT2D eigenvalue weighted by Crippen LogP contribution is -3.15. The molecule has 0 saturated carbocycles. The van der Waals surface area contributed by atoms with Gasteiger partial charge in [0.15, 0.2) is 0 Å². The molecule has 0 aliphatic carbocycles. The van der Waals surface area contributed by atoms with Crippen LogP contribution < -0.4 is 9.64 Å². The predicted octanol–water partition coefficient (Wildman–Crippen LogP) is 1.93. The van der Waals surface area contributed by atoms with Gasteiger partial charge in [0.1, 0.15) is 55.0 Å². The van der Waals surface area contributed by atoms with Gasteiger partial charge in [0.05, 0.1) is 19.8 Å². The van der Waals surface area contributed by atoms with Gasteiger partial charge in [-0.05, 0) is 25.1 Å². The van der Waals surface area contributed by atoms with Crippen molar-refractivity contribution in [2.24, 2.45) is 0 Å². The quantitative estimate of drug-likeness (QED) is 0.536. The number of fused-ring (bicyclic) bond motifs is 1. The third kappa shape index (κ3) is 5.07. The molecule has 1 atom stereocenters. The van der Waals surface area contributed by atoms with Crippen LogP contribution in [0.5, 0.6) is 5.75 Å². The number of carbonyl (C=O) groups is 1. The van der Waals surface area contributed by atoms with Gasteiger partial charge < -0.3 is 28.6 Å². The van der Waals surface area contributed by atoms with Crippen LogP contribution in [0.3, 0.4) is 0 Å². The van der Waals surface area contributed by atoms with E-state index in [0.29, 0.717) is 34.6 Å². The lowest BCUT2D eigenvalue weighted by Gasteiger charge is -2.25. The van der Waals surface area contributed by atoms with Gasteiger partial charge in [0, 0.05) is 10.9 Å².